The van der Waals surface area contributed by atoms with Crippen molar-refractivity contribution in [2.75, 3.05) is 13.7 Å². The molecule has 8 nitrogen and oxygen atoms in total. The number of ketones is 1. The highest BCUT2D eigenvalue weighted by molar-refractivity contribution is 6.06. The molecule has 1 N–H and O–H groups in total. The van der Waals surface area contributed by atoms with Gasteiger partial charge in [0.1, 0.15) is 17.3 Å². The number of aryl methyl sites for hydroxylation is 1. The Morgan fingerprint density at radius 2 is 1.79 bits per heavy atom. The van der Waals surface area contributed by atoms with Gasteiger partial charge in [-0.2, -0.15) is 0 Å². The van der Waals surface area contributed by atoms with Gasteiger partial charge in [-0.1, -0.05) is 12.5 Å². The number of aromatic carboxylic acids is 1. The van der Waals surface area contributed by atoms with Gasteiger partial charge in [-0.25, -0.2) is 9.78 Å². The molecule has 1 aromatic carbocycles. The highest BCUT2D eigenvalue weighted by Crippen LogP contribution is 2.61. The summed E-state index contributed by atoms with van der Waals surface area (Å²) in [5.41, 5.74) is 4.23. The molecule has 0 unspecified atom stereocenters. The molecule has 2 spiro atoms. The smallest absolute Gasteiger partial charge is 0.354 e. The lowest BCUT2D eigenvalue weighted by Gasteiger charge is -2.49. The molecule has 42 heavy (non-hydrogen) atoms. The number of carboxylic acid groups (broad SMARTS) is 1. The van der Waals surface area contributed by atoms with Crippen LogP contribution in [0, 0.1) is 19.3 Å². The monoisotopic (exact) mass is 568 g/mol. The number of likely N-dealkylation sites (N-methyl/N-ethyl adjacent to an activating group) is 1. The van der Waals surface area contributed by atoms with Crippen molar-refractivity contribution in [1.29, 1.82) is 0 Å². The minimum Gasteiger partial charge on any atom is -0.496 e. The van der Waals surface area contributed by atoms with Crippen LogP contribution in [-0.4, -0.2) is 51.8 Å². The van der Waals surface area contributed by atoms with E-state index in [1.54, 1.807) is 20.1 Å². The number of benzene rings is 1. The number of carboxylic acids is 1. The summed E-state index contributed by atoms with van der Waals surface area (Å²) in [6.45, 7) is 6.27. The van der Waals surface area contributed by atoms with Gasteiger partial charge in [0, 0.05) is 42.5 Å². The maximum absolute atomic E-state index is 14.4. The summed E-state index contributed by atoms with van der Waals surface area (Å²) in [4.78, 5) is 46.8. The lowest BCUT2D eigenvalue weighted by Crippen LogP contribution is -2.50. The Labute approximate surface area is 245 Å². The van der Waals surface area contributed by atoms with Gasteiger partial charge in [0.15, 0.2) is 11.5 Å². The lowest BCUT2D eigenvalue weighted by atomic mass is 9.58. The molecule has 2 fully saturated rings. The van der Waals surface area contributed by atoms with Crippen molar-refractivity contribution in [2.24, 2.45) is 5.41 Å². The summed E-state index contributed by atoms with van der Waals surface area (Å²) >= 11 is 0. The second-order valence-electron chi connectivity index (χ2n) is 12.8. The van der Waals surface area contributed by atoms with Crippen molar-refractivity contribution >= 4 is 17.7 Å². The van der Waals surface area contributed by atoms with E-state index in [-0.39, 0.29) is 28.3 Å². The highest BCUT2D eigenvalue weighted by Gasteiger charge is 2.58. The van der Waals surface area contributed by atoms with Crippen molar-refractivity contribution in [3.05, 3.63) is 69.3 Å². The molecule has 5 aliphatic rings. The molecule has 7 rings (SSSR count). The van der Waals surface area contributed by atoms with E-state index in [4.69, 9.17) is 9.47 Å². The summed E-state index contributed by atoms with van der Waals surface area (Å²) in [6, 6.07) is 7.28. The van der Waals surface area contributed by atoms with Crippen LogP contribution in [-0.2, 0) is 14.3 Å². The van der Waals surface area contributed by atoms with Gasteiger partial charge in [-0.15, -0.1) is 0 Å². The Morgan fingerprint density at radius 3 is 2.40 bits per heavy atom. The van der Waals surface area contributed by atoms with Gasteiger partial charge in [-0.3, -0.25) is 9.59 Å². The van der Waals surface area contributed by atoms with E-state index in [0.717, 1.165) is 54.6 Å². The van der Waals surface area contributed by atoms with Crippen LogP contribution in [0.1, 0.15) is 91.4 Å². The normalized spacial score (nSPS) is 23.4. The first-order valence-electron chi connectivity index (χ1n) is 15.0. The number of methoxy groups -OCH3 is 1. The Morgan fingerprint density at radius 1 is 1.05 bits per heavy atom. The molecule has 218 valence electrons. The summed E-state index contributed by atoms with van der Waals surface area (Å²) in [6.07, 6.45) is 6.89. The zero-order valence-electron chi connectivity index (χ0n) is 24.6. The average molecular weight is 569 g/mol. The van der Waals surface area contributed by atoms with Crippen LogP contribution in [0.15, 0.2) is 46.9 Å². The molecule has 3 heterocycles. The number of hydrogen-bond donors (Lipinski definition) is 1. The second kappa shape index (κ2) is 9.28. The molecule has 1 amide bonds. The van der Waals surface area contributed by atoms with Crippen molar-refractivity contribution in [3.63, 3.8) is 0 Å². The fourth-order valence-corrected chi connectivity index (χ4v) is 7.94. The molecular weight excluding hydrogens is 532 g/mol. The molecule has 1 atom stereocenters. The number of carbonyl (C=O) groups is 3. The molecule has 2 saturated carbocycles. The summed E-state index contributed by atoms with van der Waals surface area (Å²) in [7, 11) is 1.60. The molecular formula is C34H36N2O6. The highest BCUT2D eigenvalue weighted by atomic mass is 16.5. The van der Waals surface area contributed by atoms with E-state index in [0.29, 0.717) is 59.7 Å². The van der Waals surface area contributed by atoms with Crippen LogP contribution in [0.4, 0.5) is 0 Å². The molecule has 0 radical (unpaired) electrons. The second-order valence-corrected chi connectivity index (χ2v) is 12.8. The van der Waals surface area contributed by atoms with E-state index in [2.05, 4.69) is 4.98 Å². The number of nitrogens with zero attached hydrogens (tertiary/aromatic N) is 2. The molecule has 3 aliphatic carbocycles. The number of rotatable bonds is 5. The van der Waals surface area contributed by atoms with Gasteiger partial charge in [0.05, 0.1) is 29.8 Å². The topological polar surface area (TPSA) is 106 Å². The molecule has 1 aromatic heterocycles. The minimum atomic E-state index is -1.09. The zero-order valence-corrected chi connectivity index (χ0v) is 24.6. The van der Waals surface area contributed by atoms with Crippen molar-refractivity contribution in [1.82, 2.24) is 9.88 Å². The number of aromatic nitrogens is 1. The van der Waals surface area contributed by atoms with Crippen LogP contribution < -0.4 is 4.74 Å². The largest absolute Gasteiger partial charge is 0.496 e. The Balaban J connectivity index is 1.46. The summed E-state index contributed by atoms with van der Waals surface area (Å²) < 4.78 is 12.6. The quantitative estimate of drug-likeness (QED) is 0.471. The molecule has 0 bridgehead atoms. The number of hydrogen-bond acceptors (Lipinski definition) is 6. The predicted molar refractivity (Wildman–Crippen MR) is 155 cm³/mol. The van der Waals surface area contributed by atoms with Gasteiger partial charge >= 0.3 is 5.97 Å². The van der Waals surface area contributed by atoms with E-state index in [1.165, 1.54) is 0 Å². The van der Waals surface area contributed by atoms with Gasteiger partial charge < -0.3 is 19.5 Å². The number of ether oxygens (including phenoxy) is 2. The third-order valence-electron chi connectivity index (χ3n) is 10.5. The Bertz CT molecular complexity index is 1640. The number of pyridine rings is 1. The van der Waals surface area contributed by atoms with Gasteiger partial charge in [0.25, 0.3) is 5.91 Å². The summed E-state index contributed by atoms with van der Waals surface area (Å²) in [5, 5.41) is 9.74. The standard InChI is InChI=1S/C34H36N2O6/c1-5-36-31(38)28-25(17-34(36)13-14-34)42-24-16-33(11-6-12-33)15-22(37)27(24)29(28)26-19(3)20(8-10-23(26)41-4)21-9-7-18(2)30(35-21)32(39)40/h7-10,29H,5-6,11-17H2,1-4H3,(H,39,40)/t29-/m1/s1. The number of Topliss-reactive ketones (excluding diaryl/α,β-unsaturated/α-hetero) is 1. The third-order valence-corrected chi connectivity index (χ3v) is 10.5. The molecule has 0 saturated heterocycles. The fraction of sp³-hybridized carbons (Fsp3) is 0.471. The fourth-order valence-electron chi connectivity index (χ4n) is 7.94. The van der Waals surface area contributed by atoms with Crippen LogP contribution in [0.3, 0.4) is 0 Å². The van der Waals surface area contributed by atoms with Crippen LogP contribution in [0.2, 0.25) is 0 Å². The van der Waals surface area contributed by atoms with Crippen molar-refractivity contribution < 1.29 is 29.0 Å². The molecule has 2 aromatic rings. The minimum absolute atomic E-state index is 0.00523. The van der Waals surface area contributed by atoms with E-state index in [1.807, 2.05) is 36.9 Å². The van der Waals surface area contributed by atoms with E-state index >= 15 is 0 Å². The van der Waals surface area contributed by atoms with Crippen LogP contribution in [0.5, 0.6) is 5.75 Å². The third kappa shape index (κ3) is 3.80. The maximum Gasteiger partial charge on any atom is 0.354 e. The van der Waals surface area contributed by atoms with Crippen molar-refractivity contribution in [2.45, 2.75) is 83.6 Å². The lowest BCUT2D eigenvalue weighted by molar-refractivity contribution is -0.132. The van der Waals surface area contributed by atoms with Crippen LogP contribution >= 0.6 is 0 Å². The maximum atomic E-state index is 14.4. The molecule has 8 heteroatoms. The van der Waals surface area contributed by atoms with Crippen molar-refractivity contribution in [3.8, 4) is 17.0 Å². The predicted octanol–water partition coefficient (Wildman–Crippen LogP) is 6.01. The Kier molecular flexibility index (Phi) is 5.95. The summed E-state index contributed by atoms with van der Waals surface area (Å²) in [5.74, 6) is 0.244. The first-order chi connectivity index (χ1) is 20.1. The average Bonchev–Trinajstić information content (AvgIpc) is 3.70. The van der Waals surface area contributed by atoms with Crippen LogP contribution in [0.25, 0.3) is 11.3 Å². The Hall–Kier alpha value is -3.94. The molecule has 2 aliphatic heterocycles. The number of allylic oxidation sites excluding steroid dienone is 2. The number of carbonyl (C=O) groups excluding carboxylic acids is 2. The van der Waals surface area contributed by atoms with E-state index < -0.39 is 11.9 Å². The van der Waals surface area contributed by atoms with Gasteiger partial charge in [0.2, 0.25) is 0 Å². The van der Waals surface area contributed by atoms with E-state index in [9.17, 15) is 19.5 Å². The first kappa shape index (κ1) is 26.9. The zero-order chi connectivity index (χ0) is 29.6. The number of amides is 1. The SMILES string of the molecule is CCN1C(=O)C2=C(CC13CC3)OC1=C(C(=O)CC3(CCC3)C1)[C@H]2c1c(OC)ccc(-c2ccc(C)c(C(=O)O)n2)c1C. The first-order valence-corrected chi connectivity index (χ1v) is 15.0. The van der Waals surface area contributed by atoms with Gasteiger partial charge in [-0.05, 0) is 81.2 Å².